The van der Waals surface area contributed by atoms with E-state index in [1.807, 2.05) is 30.3 Å². The van der Waals surface area contributed by atoms with Crippen LogP contribution in [0, 0.1) is 0 Å². The highest BCUT2D eigenvalue weighted by atomic mass is 35.5. The number of carbonyl (C=O) groups excluding carboxylic acids is 2. The third-order valence-electron chi connectivity index (χ3n) is 2.60. The highest BCUT2D eigenvalue weighted by Crippen LogP contribution is 2.15. The zero-order chi connectivity index (χ0) is 14.4. The Labute approximate surface area is 120 Å². The van der Waals surface area contributed by atoms with Crippen LogP contribution in [0.4, 0.5) is 0 Å². The topological polar surface area (TPSA) is 71.3 Å². The predicted octanol–water partition coefficient (Wildman–Crippen LogP) is 1.98. The molecule has 0 atom stereocenters. The summed E-state index contributed by atoms with van der Waals surface area (Å²) in [6.45, 7) is 0.301. The Morgan fingerprint density at radius 2 is 1.85 bits per heavy atom. The van der Waals surface area contributed by atoms with Crippen LogP contribution in [-0.2, 0) is 11.3 Å². The second-order valence-electron chi connectivity index (χ2n) is 4.05. The molecule has 104 valence electrons. The fourth-order valence-corrected chi connectivity index (χ4v) is 1.77. The molecule has 2 aromatic rings. The van der Waals surface area contributed by atoms with Gasteiger partial charge in [-0.25, -0.2) is 0 Å². The third kappa shape index (κ3) is 3.86. The average molecular weight is 293 g/mol. The van der Waals surface area contributed by atoms with Crippen molar-refractivity contribution < 1.29 is 14.0 Å². The van der Waals surface area contributed by atoms with Crippen LogP contribution in [0.1, 0.15) is 15.9 Å². The molecule has 20 heavy (non-hydrogen) atoms. The van der Waals surface area contributed by atoms with Crippen molar-refractivity contribution in [2.75, 3.05) is 6.54 Å². The molecule has 2 amide bonds. The molecule has 0 aliphatic carbocycles. The van der Waals surface area contributed by atoms with Crippen molar-refractivity contribution >= 4 is 23.4 Å². The number of amides is 2. The Bertz CT molecular complexity index is 595. The Hall–Kier alpha value is -2.27. The zero-order valence-corrected chi connectivity index (χ0v) is 11.3. The predicted molar refractivity (Wildman–Crippen MR) is 74.3 cm³/mol. The van der Waals surface area contributed by atoms with Gasteiger partial charge in [0, 0.05) is 6.54 Å². The van der Waals surface area contributed by atoms with Crippen LogP contribution in [0.3, 0.4) is 0 Å². The van der Waals surface area contributed by atoms with E-state index in [0.717, 1.165) is 5.56 Å². The van der Waals surface area contributed by atoms with Crippen molar-refractivity contribution in [3.8, 4) is 0 Å². The first-order chi connectivity index (χ1) is 9.66. The summed E-state index contributed by atoms with van der Waals surface area (Å²) in [5, 5.41) is 5.18. The van der Waals surface area contributed by atoms with Gasteiger partial charge in [0.15, 0.2) is 0 Å². The van der Waals surface area contributed by atoms with E-state index in [4.69, 9.17) is 16.0 Å². The molecule has 2 rings (SSSR count). The largest absolute Gasteiger partial charge is 0.452 e. The Kier molecular flexibility index (Phi) is 4.79. The van der Waals surface area contributed by atoms with Crippen molar-refractivity contribution in [2.45, 2.75) is 6.54 Å². The fourth-order valence-electron chi connectivity index (χ4n) is 1.57. The van der Waals surface area contributed by atoms with Crippen LogP contribution in [0.15, 0.2) is 47.1 Å². The first-order valence-electron chi connectivity index (χ1n) is 5.98. The molecule has 1 heterocycles. The highest BCUT2D eigenvalue weighted by molar-refractivity contribution is 6.32. The number of rotatable bonds is 5. The van der Waals surface area contributed by atoms with Crippen LogP contribution >= 0.6 is 11.6 Å². The number of nitrogens with one attached hydrogen (secondary N) is 2. The second-order valence-corrected chi connectivity index (χ2v) is 4.40. The monoisotopic (exact) mass is 292 g/mol. The SMILES string of the molecule is O=C(CNC(=O)c1ccoc1Cl)NCc1ccccc1. The van der Waals surface area contributed by atoms with Crippen molar-refractivity contribution in [2.24, 2.45) is 0 Å². The average Bonchev–Trinajstić information content (AvgIpc) is 2.90. The molecule has 5 nitrogen and oxygen atoms in total. The number of halogens is 1. The first-order valence-corrected chi connectivity index (χ1v) is 6.36. The third-order valence-corrected chi connectivity index (χ3v) is 2.90. The van der Waals surface area contributed by atoms with Crippen LogP contribution in [-0.4, -0.2) is 18.4 Å². The van der Waals surface area contributed by atoms with E-state index in [2.05, 4.69) is 10.6 Å². The standard InChI is InChI=1S/C14H13ClN2O3/c15-13-11(6-7-20-13)14(19)17-9-12(18)16-8-10-4-2-1-3-5-10/h1-7H,8-9H2,(H,16,18)(H,17,19). The van der Waals surface area contributed by atoms with Crippen molar-refractivity contribution in [3.05, 3.63) is 59.0 Å². The summed E-state index contributed by atoms with van der Waals surface area (Å²) in [6, 6.07) is 10.9. The Morgan fingerprint density at radius 1 is 1.10 bits per heavy atom. The summed E-state index contributed by atoms with van der Waals surface area (Å²) >= 11 is 5.66. The summed E-state index contributed by atoms with van der Waals surface area (Å²) in [4.78, 5) is 23.3. The second kappa shape index (κ2) is 6.77. The molecule has 1 aromatic heterocycles. The number of benzene rings is 1. The van der Waals surface area contributed by atoms with Gasteiger partial charge in [0.1, 0.15) is 0 Å². The van der Waals surface area contributed by atoms with Crippen molar-refractivity contribution in [1.29, 1.82) is 0 Å². The summed E-state index contributed by atoms with van der Waals surface area (Å²) < 4.78 is 4.80. The summed E-state index contributed by atoms with van der Waals surface area (Å²) in [6.07, 6.45) is 1.31. The molecule has 0 saturated carbocycles. The van der Waals surface area contributed by atoms with E-state index >= 15 is 0 Å². The van der Waals surface area contributed by atoms with Gasteiger partial charge in [-0.1, -0.05) is 30.3 Å². The maximum atomic E-state index is 11.7. The molecule has 1 aromatic carbocycles. The number of hydrogen-bond acceptors (Lipinski definition) is 3. The van der Waals surface area contributed by atoms with Gasteiger partial charge in [0.25, 0.3) is 5.91 Å². The minimum atomic E-state index is -0.446. The van der Waals surface area contributed by atoms with Crippen molar-refractivity contribution in [1.82, 2.24) is 10.6 Å². The lowest BCUT2D eigenvalue weighted by Gasteiger charge is -2.06. The lowest BCUT2D eigenvalue weighted by atomic mass is 10.2. The van der Waals surface area contributed by atoms with Gasteiger partial charge in [-0.3, -0.25) is 9.59 Å². The molecule has 2 N–H and O–H groups in total. The minimum Gasteiger partial charge on any atom is -0.452 e. The van der Waals surface area contributed by atoms with Gasteiger partial charge in [-0.2, -0.15) is 0 Å². The lowest BCUT2D eigenvalue weighted by Crippen LogP contribution is -2.36. The molecule has 0 spiro atoms. The quantitative estimate of drug-likeness (QED) is 0.885. The summed E-state index contributed by atoms with van der Waals surface area (Å²) in [5.74, 6) is -0.722. The van der Waals surface area contributed by atoms with Crippen LogP contribution < -0.4 is 10.6 Å². The van der Waals surface area contributed by atoms with Crippen molar-refractivity contribution in [3.63, 3.8) is 0 Å². The van der Waals surface area contributed by atoms with E-state index < -0.39 is 5.91 Å². The van der Waals surface area contributed by atoms with Gasteiger partial charge in [0.2, 0.25) is 11.1 Å². The Balaban J connectivity index is 1.75. The minimum absolute atomic E-state index is 0.00666. The van der Waals surface area contributed by atoms with Gasteiger partial charge >= 0.3 is 0 Å². The maximum absolute atomic E-state index is 11.7. The van der Waals surface area contributed by atoms with E-state index in [-0.39, 0.29) is 23.2 Å². The maximum Gasteiger partial charge on any atom is 0.256 e. The molecular weight excluding hydrogens is 280 g/mol. The molecule has 0 saturated heterocycles. The molecule has 0 radical (unpaired) electrons. The first kappa shape index (κ1) is 14.1. The van der Waals surface area contributed by atoms with Gasteiger partial charge < -0.3 is 15.1 Å². The zero-order valence-electron chi connectivity index (χ0n) is 10.6. The number of furan rings is 1. The summed E-state index contributed by atoms with van der Waals surface area (Å²) in [7, 11) is 0. The number of carbonyl (C=O) groups is 2. The van der Waals surface area contributed by atoms with E-state index in [0.29, 0.717) is 6.54 Å². The Morgan fingerprint density at radius 3 is 2.50 bits per heavy atom. The highest BCUT2D eigenvalue weighted by Gasteiger charge is 2.13. The van der Waals surface area contributed by atoms with E-state index in [9.17, 15) is 9.59 Å². The van der Waals surface area contributed by atoms with Gasteiger partial charge in [-0.15, -0.1) is 0 Å². The molecular formula is C14H13ClN2O3. The molecule has 0 unspecified atom stereocenters. The molecule has 0 aliphatic rings. The molecule has 0 fully saturated rings. The normalized spacial score (nSPS) is 10.1. The smallest absolute Gasteiger partial charge is 0.256 e. The van der Waals surface area contributed by atoms with Crippen LogP contribution in [0.25, 0.3) is 0 Å². The van der Waals surface area contributed by atoms with Gasteiger partial charge in [-0.05, 0) is 23.2 Å². The van der Waals surface area contributed by atoms with E-state index in [1.165, 1.54) is 12.3 Å². The molecule has 6 heteroatoms. The lowest BCUT2D eigenvalue weighted by molar-refractivity contribution is -0.120. The van der Waals surface area contributed by atoms with Gasteiger partial charge in [0.05, 0.1) is 18.4 Å². The fraction of sp³-hybridized carbons (Fsp3) is 0.143. The summed E-state index contributed by atoms with van der Waals surface area (Å²) in [5.41, 5.74) is 1.20. The van der Waals surface area contributed by atoms with Crippen LogP contribution in [0.2, 0.25) is 5.22 Å². The van der Waals surface area contributed by atoms with E-state index in [1.54, 1.807) is 0 Å². The van der Waals surface area contributed by atoms with Crippen LogP contribution in [0.5, 0.6) is 0 Å². The molecule has 0 aliphatic heterocycles. The number of hydrogen-bond donors (Lipinski definition) is 2. The molecule has 0 bridgehead atoms.